The van der Waals surface area contributed by atoms with Crippen molar-refractivity contribution in [2.75, 3.05) is 11.9 Å². The molecule has 0 radical (unpaired) electrons. The minimum absolute atomic E-state index is 0.0592. The molecule has 0 saturated heterocycles. The Bertz CT molecular complexity index is 923. The zero-order valence-electron chi connectivity index (χ0n) is 14.7. The van der Waals surface area contributed by atoms with Crippen LogP contribution in [0.5, 0.6) is 0 Å². The monoisotopic (exact) mass is 436 g/mol. The molecule has 0 aliphatic heterocycles. The number of anilines is 1. The summed E-state index contributed by atoms with van der Waals surface area (Å²) in [4.78, 5) is 24.7. The van der Waals surface area contributed by atoms with Crippen LogP contribution in [0.15, 0.2) is 42.5 Å². The summed E-state index contributed by atoms with van der Waals surface area (Å²) >= 11 is 5.73. The molecule has 0 bridgehead atoms. The van der Waals surface area contributed by atoms with E-state index in [4.69, 9.17) is 11.6 Å². The third-order valence-corrected chi connectivity index (χ3v) is 3.88. The van der Waals surface area contributed by atoms with Crippen LogP contribution in [-0.4, -0.2) is 30.3 Å². The molecule has 0 aromatic heterocycles. The van der Waals surface area contributed by atoms with E-state index >= 15 is 0 Å². The topological polar surface area (TPSA) is 67.4 Å². The number of esters is 1. The van der Waals surface area contributed by atoms with Crippen LogP contribution in [0, 0.1) is 11.6 Å². The van der Waals surface area contributed by atoms with Crippen LogP contribution in [0.25, 0.3) is 0 Å². The van der Waals surface area contributed by atoms with E-state index in [1.165, 1.54) is 24.4 Å². The van der Waals surface area contributed by atoms with Gasteiger partial charge in [-0.1, -0.05) is 17.7 Å². The highest BCUT2D eigenvalue weighted by Gasteiger charge is 2.64. The summed E-state index contributed by atoms with van der Waals surface area (Å²) in [5, 5.41) is 3.20. The lowest BCUT2D eigenvalue weighted by Gasteiger charge is -2.35. The van der Waals surface area contributed by atoms with E-state index < -0.39 is 47.6 Å². The summed E-state index contributed by atoms with van der Waals surface area (Å²) in [5.74, 6) is -5.75. The average molecular weight is 437 g/mol. The first-order chi connectivity index (χ1) is 13.5. The summed E-state index contributed by atoms with van der Waals surface area (Å²) < 4.78 is 73.6. The van der Waals surface area contributed by atoms with Crippen LogP contribution in [-0.2, 0) is 9.53 Å². The fourth-order valence-corrected chi connectivity index (χ4v) is 2.49. The van der Waals surface area contributed by atoms with Gasteiger partial charge in [-0.05, 0) is 37.3 Å². The van der Waals surface area contributed by atoms with E-state index in [0.717, 1.165) is 12.1 Å². The normalized spacial score (nSPS) is 13.3. The number of ether oxygens (including phenoxy) is 1. The molecule has 0 heterocycles. The highest BCUT2D eigenvalue weighted by atomic mass is 35.5. The fourth-order valence-electron chi connectivity index (χ4n) is 2.30. The average Bonchev–Trinajstić information content (AvgIpc) is 2.62. The van der Waals surface area contributed by atoms with E-state index in [2.05, 4.69) is 4.74 Å². The number of hydrogen-bond donors (Lipinski definition) is 2. The maximum absolute atomic E-state index is 14.0. The number of carbonyl (C=O) groups excluding carboxylic acids is 2. The van der Waals surface area contributed by atoms with Gasteiger partial charge >= 0.3 is 17.8 Å². The van der Waals surface area contributed by atoms with Gasteiger partial charge in [0.1, 0.15) is 11.6 Å². The Kier molecular flexibility index (Phi) is 6.68. The molecule has 5 nitrogen and oxygen atoms in total. The molecule has 1 unspecified atom stereocenters. The van der Waals surface area contributed by atoms with Gasteiger partial charge in [0.25, 0.3) is 5.91 Å². The van der Waals surface area contributed by atoms with Crippen LogP contribution >= 0.6 is 11.6 Å². The SMILES string of the molecule is CCOC(=O)C(NC(=O)c1cccc(Cl)c1)(Nc1ccc(F)cc1F)C(F)(F)F. The fraction of sp³-hybridized carbons (Fsp3) is 0.222. The Morgan fingerprint density at radius 1 is 1.10 bits per heavy atom. The van der Waals surface area contributed by atoms with Crippen molar-refractivity contribution in [1.29, 1.82) is 0 Å². The van der Waals surface area contributed by atoms with Crippen molar-refractivity contribution in [2.24, 2.45) is 0 Å². The third-order valence-electron chi connectivity index (χ3n) is 3.65. The molecule has 0 saturated carbocycles. The number of carbonyl (C=O) groups is 2. The van der Waals surface area contributed by atoms with E-state index in [9.17, 15) is 31.5 Å². The van der Waals surface area contributed by atoms with E-state index in [-0.39, 0.29) is 10.6 Å². The molecule has 2 N–H and O–H groups in total. The second-order valence-corrected chi connectivity index (χ2v) is 6.12. The number of amides is 1. The summed E-state index contributed by atoms with van der Waals surface area (Å²) in [6.45, 7) is 0.785. The smallest absolute Gasteiger partial charge is 0.441 e. The van der Waals surface area contributed by atoms with E-state index in [1.54, 1.807) is 5.32 Å². The van der Waals surface area contributed by atoms with Crippen LogP contribution in [0.3, 0.4) is 0 Å². The molecule has 156 valence electrons. The molecule has 2 aromatic rings. The second kappa shape index (κ2) is 8.64. The van der Waals surface area contributed by atoms with Gasteiger partial charge in [-0.15, -0.1) is 0 Å². The highest BCUT2D eigenvalue weighted by Crippen LogP contribution is 2.34. The van der Waals surface area contributed by atoms with Crippen molar-refractivity contribution < 1.29 is 36.3 Å². The highest BCUT2D eigenvalue weighted by molar-refractivity contribution is 6.31. The lowest BCUT2D eigenvalue weighted by molar-refractivity contribution is -0.204. The largest absolute Gasteiger partial charge is 0.463 e. The minimum atomic E-state index is -5.48. The van der Waals surface area contributed by atoms with Crippen LogP contribution in [0.1, 0.15) is 17.3 Å². The molecular weight excluding hydrogens is 423 g/mol. The molecule has 0 aliphatic rings. The van der Waals surface area contributed by atoms with Gasteiger partial charge in [0.15, 0.2) is 0 Å². The number of halogens is 6. The van der Waals surface area contributed by atoms with Gasteiger partial charge in [0.05, 0.1) is 12.3 Å². The van der Waals surface area contributed by atoms with Crippen molar-refractivity contribution in [3.8, 4) is 0 Å². The minimum Gasteiger partial charge on any atom is -0.463 e. The molecule has 0 fully saturated rings. The maximum Gasteiger partial charge on any atom is 0.441 e. The second-order valence-electron chi connectivity index (χ2n) is 5.68. The molecule has 2 rings (SSSR count). The number of nitrogens with one attached hydrogen (secondary N) is 2. The van der Waals surface area contributed by atoms with Crippen molar-refractivity contribution in [3.05, 3.63) is 64.7 Å². The van der Waals surface area contributed by atoms with Gasteiger partial charge in [0.2, 0.25) is 0 Å². The molecule has 0 spiro atoms. The first-order valence-electron chi connectivity index (χ1n) is 8.05. The molecule has 1 atom stereocenters. The summed E-state index contributed by atoms with van der Waals surface area (Å²) in [7, 11) is 0. The Morgan fingerprint density at radius 2 is 1.79 bits per heavy atom. The zero-order chi connectivity index (χ0) is 21.8. The number of hydrogen-bond acceptors (Lipinski definition) is 4. The standard InChI is InChI=1S/C18H14ClF5N2O3/c1-2-29-16(28)17(18(22,23)24,25-14-7-6-12(20)9-13(14)21)26-15(27)10-4-3-5-11(19)8-10/h3-9,25H,2H2,1H3,(H,26,27). The predicted octanol–water partition coefficient (Wildman–Crippen LogP) is 4.28. The molecule has 11 heteroatoms. The van der Waals surface area contributed by atoms with Gasteiger partial charge in [-0.25, -0.2) is 13.6 Å². The van der Waals surface area contributed by atoms with Gasteiger partial charge in [-0.3, -0.25) is 4.79 Å². The quantitative estimate of drug-likeness (QED) is 0.403. The Hall–Kier alpha value is -2.88. The first-order valence-corrected chi connectivity index (χ1v) is 8.43. The van der Waals surface area contributed by atoms with Crippen LogP contribution in [0.2, 0.25) is 5.02 Å². The van der Waals surface area contributed by atoms with Crippen molar-refractivity contribution in [1.82, 2.24) is 5.32 Å². The summed E-state index contributed by atoms with van der Waals surface area (Å²) in [6.07, 6.45) is -5.48. The molecular formula is C18H14ClF5N2O3. The maximum atomic E-state index is 14.0. The van der Waals surface area contributed by atoms with Gasteiger partial charge in [0, 0.05) is 16.7 Å². The molecule has 29 heavy (non-hydrogen) atoms. The molecule has 2 aromatic carbocycles. The Labute approximate surface area is 166 Å². The lowest BCUT2D eigenvalue weighted by Crippen LogP contribution is -2.69. The van der Waals surface area contributed by atoms with Crippen molar-refractivity contribution in [3.63, 3.8) is 0 Å². The van der Waals surface area contributed by atoms with Gasteiger partial charge < -0.3 is 15.4 Å². The summed E-state index contributed by atoms with van der Waals surface area (Å²) in [5.41, 5.74) is -5.04. The predicted molar refractivity (Wildman–Crippen MR) is 94.3 cm³/mol. The molecule has 1 amide bonds. The summed E-state index contributed by atoms with van der Waals surface area (Å²) in [6, 6.07) is 6.56. The Morgan fingerprint density at radius 3 is 2.34 bits per heavy atom. The number of alkyl halides is 3. The van der Waals surface area contributed by atoms with Crippen molar-refractivity contribution >= 4 is 29.2 Å². The van der Waals surface area contributed by atoms with E-state index in [1.807, 2.05) is 0 Å². The third kappa shape index (κ3) is 4.94. The number of benzene rings is 2. The Balaban J connectivity index is 2.55. The van der Waals surface area contributed by atoms with Crippen LogP contribution in [0.4, 0.5) is 27.6 Å². The first kappa shape index (κ1) is 22.4. The van der Waals surface area contributed by atoms with E-state index in [0.29, 0.717) is 18.2 Å². The zero-order valence-corrected chi connectivity index (χ0v) is 15.5. The molecule has 0 aliphatic carbocycles. The number of rotatable bonds is 6. The van der Waals surface area contributed by atoms with Crippen molar-refractivity contribution in [2.45, 2.75) is 18.8 Å². The van der Waals surface area contributed by atoms with Gasteiger partial charge in [-0.2, -0.15) is 13.2 Å². The van der Waals surface area contributed by atoms with Crippen LogP contribution < -0.4 is 10.6 Å². The lowest BCUT2D eigenvalue weighted by atomic mass is 10.1.